The van der Waals surface area contributed by atoms with Crippen LogP contribution in [0.2, 0.25) is 0 Å². The monoisotopic (exact) mass is 743 g/mol. The van der Waals surface area contributed by atoms with Crippen molar-refractivity contribution in [2.45, 2.75) is 57.4 Å². The van der Waals surface area contributed by atoms with Gasteiger partial charge in [0.2, 0.25) is 0 Å². The van der Waals surface area contributed by atoms with Crippen LogP contribution in [0.25, 0.3) is 22.5 Å². The van der Waals surface area contributed by atoms with Crippen LogP contribution in [0.4, 0.5) is 5.69 Å². The van der Waals surface area contributed by atoms with Gasteiger partial charge in [-0.05, 0) is 61.9 Å². The summed E-state index contributed by atoms with van der Waals surface area (Å²) in [5, 5.41) is 3.31. The van der Waals surface area contributed by atoms with Gasteiger partial charge >= 0.3 is 0 Å². The summed E-state index contributed by atoms with van der Waals surface area (Å²) in [6.07, 6.45) is 4.85. The van der Waals surface area contributed by atoms with Gasteiger partial charge in [0.15, 0.2) is 11.5 Å². The normalized spacial score (nSPS) is 18.4. The first-order valence-electron chi connectivity index (χ1n) is 18.6. The Morgan fingerprint density at radius 3 is 2.28 bits per heavy atom. The number of fused-ring (bicyclic) bond motifs is 6. The third kappa shape index (κ3) is 7.94. The molecule has 2 atom stereocenters. The highest BCUT2D eigenvalue weighted by molar-refractivity contribution is 5.76. The lowest BCUT2D eigenvalue weighted by Crippen LogP contribution is -2.34. The summed E-state index contributed by atoms with van der Waals surface area (Å²) in [6, 6.07) is 14.9. The molecule has 288 valence electrons. The lowest BCUT2D eigenvalue weighted by atomic mass is 9.95. The average molecular weight is 744 g/mol. The van der Waals surface area contributed by atoms with E-state index in [1.807, 2.05) is 36.4 Å². The second-order valence-electron chi connectivity index (χ2n) is 13.6. The van der Waals surface area contributed by atoms with E-state index in [9.17, 15) is 9.59 Å². The number of ether oxygens (including phenoxy) is 8. The van der Waals surface area contributed by atoms with Gasteiger partial charge in [-0.15, -0.1) is 0 Å². The van der Waals surface area contributed by atoms with Crippen molar-refractivity contribution in [2.75, 3.05) is 73.3 Å². The van der Waals surface area contributed by atoms with Crippen LogP contribution >= 0.6 is 0 Å². The van der Waals surface area contributed by atoms with E-state index in [1.54, 1.807) is 49.7 Å². The number of aryl methyl sites for hydroxylation is 1. The number of rotatable bonds is 10. The molecule has 0 radical (unpaired) electrons. The molecule has 4 aliphatic heterocycles. The van der Waals surface area contributed by atoms with Gasteiger partial charge in [-0.25, -0.2) is 0 Å². The van der Waals surface area contributed by atoms with Crippen molar-refractivity contribution in [1.29, 1.82) is 0 Å². The third-order valence-electron chi connectivity index (χ3n) is 10.3. The molecule has 6 heterocycles. The van der Waals surface area contributed by atoms with Gasteiger partial charge in [0.05, 0.1) is 71.9 Å². The van der Waals surface area contributed by atoms with Crippen LogP contribution in [0, 0.1) is 0 Å². The van der Waals surface area contributed by atoms with Crippen LogP contribution in [0.15, 0.2) is 58.1 Å². The number of methoxy groups -OCH3 is 4. The number of aromatic nitrogens is 2. The molecule has 4 aromatic rings. The van der Waals surface area contributed by atoms with Crippen molar-refractivity contribution < 1.29 is 37.9 Å². The van der Waals surface area contributed by atoms with Crippen molar-refractivity contribution in [3.63, 3.8) is 0 Å². The van der Waals surface area contributed by atoms with E-state index in [-0.39, 0.29) is 23.3 Å². The highest BCUT2D eigenvalue weighted by Crippen LogP contribution is 2.42. The number of anilines is 1. The molecule has 54 heavy (non-hydrogen) atoms. The number of hydrogen-bond donors (Lipinski definition) is 1. The fraction of sp³-hybridized carbons (Fsp3) is 0.463. The van der Waals surface area contributed by atoms with Gasteiger partial charge in [0, 0.05) is 72.9 Å². The zero-order chi connectivity index (χ0) is 37.6. The molecule has 0 amide bonds. The molecular weight excluding hydrogens is 694 g/mol. The number of hydrogen-bond acceptors (Lipinski definition) is 11. The molecule has 0 saturated carbocycles. The summed E-state index contributed by atoms with van der Waals surface area (Å²) in [5.74, 6) is 3.48. The fourth-order valence-electron chi connectivity index (χ4n) is 7.61. The van der Waals surface area contributed by atoms with E-state index in [0.717, 1.165) is 89.5 Å². The van der Waals surface area contributed by atoms with E-state index in [2.05, 4.69) is 5.32 Å². The van der Waals surface area contributed by atoms with E-state index in [0.29, 0.717) is 63.3 Å². The van der Waals surface area contributed by atoms with Gasteiger partial charge in [0.1, 0.15) is 23.9 Å². The molecule has 2 aromatic heterocycles. The molecule has 4 aliphatic rings. The largest absolute Gasteiger partial charge is 0.497 e. The highest BCUT2D eigenvalue weighted by atomic mass is 16.6. The quantitative estimate of drug-likeness (QED) is 0.237. The molecule has 0 spiro atoms. The molecule has 2 aromatic carbocycles. The number of pyridine rings is 2. The van der Waals surface area contributed by atoms with E-state index in [4.69, 9.17) is 37.9 Å². The molecular formula is C41H49N3O10. The van der Waals surface area contributed by atoms with Gasteiger partial charge in [-0.1, -0.05) is 0 Å². The minimum Gasteiger partial charge on any atom is -0.497 e. The Morgan fingerprint density at radius 2 is 1.54 bits per heavy atom. The molecule has 0 aliphatic carbocycles. The molecule has 1 N–H and O–H groups in total. The molecule has 2 unspecified atom stereocenters. The fourth-order valence-corrected chi connectivity index (χ4v) is 7.61. The first-order valence-corrected chi connectivity index (χ1v) is 18.6. The maximum absolute atomic E-state index is 12.7. The predicted octanol–water partition coefficient (Wildman–Crippen LogP) is 4.95. The second kappa shape index (κ2) is 17.0. The molecule has 2 saturated heterocycles. The maximum atomic E-state index is 12.7. The zero-order valence-electron chi connectivity index (χ0n) is 31.4. The predicted molar refractivity (Wildman–Crippen MR) is 204 cm³/mol. The van der Waals surface area contributed by atoms with Gasteiger partial charge in [-0.2, -0.15) is 0 Å². The van der Waals surface area contributed by atoms with Crippen LogP contribution in [-0.4, -0.2) is 89.4 Å². The second-order valence-corrected chi connectivity index (χ2v) is 13.6. The van der Waals surface area contributed by atoms with Crippen molar-refractivity contribution >= 4 is 5.69 Å². The molecule has 8 rings (SSSR count). The molecule has 13 nitrogen and oxygen atoms in total. The summed E-state index contributed by atoms with van der Waals surface area (Å²) >= 11 is 0. The first-order chi connectivity index (χ1) is 26.4. The zero-order valence-corrected chi connectivity index (χ0v) is 31.4. The molecule has 0 bridgehead atoms. The van der Waals surface area contributed by atoms with Gasteiger partial charge in [0.25, 0.3) is 11.1 Å². The minimum absolute atomic E-state index is 0.0105. The maximum Gasteiger partial charge on any atom is 0.254 e. The summed E-state index contributed by atoms with van der Waals surface area (Å²) in [6.45, 7) is 4.90. The Morgan fingerprint density at radius 1 is 0.741 bits per heavy atom. The molecule has 13 heteroatoms. The van der Waals surface area contributed by atoms with Gasteiger partial charge < -0.3 is 52.3 Å². The number of nitrogens with one attached hydrogen (secondary N) is 1. The summed E-state index contributed by atoms with van der Waals surface area (Å²) in [4.78, 5) is 25.3. The van der Waals surface area contributed by atoms with Crippen molar-refractivity contribution in [3.05, 3.63) is 80.4 Å². The Balaban J connectivity index is 0.000000167. The molecule has 2 fully saturated rings. The Labute approximate surface area is 314 Å². The van der Waals surface area contributed by atoms with Crippen molar-refractivity contribution in [3.8, 4) is 51.3 Å². The minimum atomic E-state index is -0.0486. The van der Waals surface area contributed by atoms with E-state index in [1.165, 1.54) is 0 Å². The van der Waals surface area contributed by atoms with Crippen molar-refractivity contribution in [2.24, 2.45) is 0 Å². The smallest absolute Gasteiger partial charge is 0.254 e. The SMILES string of the molecule is COc1cc2c(c(OC)c1)-c1cc(NCC3COCCO3)cc(=O)n1CC2.COc1ccc2c(c1OC)CCn1c-2cc(OCC2CCCCO2)cc1=O. The van der Waals surface area contributed by atoms with Crippen molar-refractivity contribution in [1.82, 2.24) is 9.13 Å². The lowest BCUT2D eigenvalue weighted by Gasteiger charge is -2.26. The van der Waals surface area contributed by atoms with Gasteiger partial charge in [-0.3, -0.25) is 9.59 Å². The highest BCUT2D eigenvalue weighted by Gasteiger charge is 2.25. The standard InChI is InChI=1S/C21H25NO5.C20H24N2O5/c1-24-19-7-6-16-17(21(19)25-2)8-9-22-18(16)11-15(12-20(22)23)27-13-14-5-3-4-10-26-14;1-24-15-7-13-3-4-22-17(20(13)18(10-15)25-2)8-14(9-19(22)23)21-11-16-12-26-5-6-27-16/h6-7,11-12,14H,3-5,8-10,13H2,1-2H3;7-10,16,21H,3-6,11-12H2,1-2H3. The Hall–Kier alpha value is -4.98. The Kier molecular flexibility index (Phi) is 11.8. The number of nitrogens with zero attached hydrogens (tertiary/aromatic N) is 2. The Bertz CT molecular complexity index is 2050. The first kappa shape index (κ1) is 37.3. The summed E-state index contributed by atoms with van der Waals surface area (Å²) in [7, 11) is 6.55. The van der Waals surface area contributed by atoms with Crippen LogP contribution in [0.1, 0.15) is 30.4 Å². The topological polar surface area (TPSA) is 130 Å². The van der Waals surface area contributed by atoms with E-state index >= 15 is 0 Å². The average Bonchev–Trinajstić information content (AvgIpc) is 3.21. The van der Waals surface area contributed by atoms with Crippen LogP contribution in [0.3, 0.4) is 0 Å². The lowest BCUT2D eigenvalue weighted by molar-refractivity contribution is -0.0818. The summed E-state index contributed by atoms with van der Waals surface area (Å²) in [5.41, 5.74) is 6.50. The van der Waals surface area contributed by atoms with Crippen LogP contribution in [-0.2, 0) is 40.1 Å². The third-order valence-corrected chi connectivity index (χ3v) is 10.3. The van der Waals surface area contributed by atoms with Crippen LogP contribution in [0.5, 0.6) is 28.7 Å². The van der Waals surface area contributed by atoms with E-state index < -0.39 is 0 Å². The number of benzene rings is 2. The van der Waals surface area contributed by atoms with Crippen LogP contribution < -0.4 is 40.1 Å². The summed E-state index contributed by atoms with van der Waals surface area (Å²) < 4.78 is 48.3.